The molecule has 1 fully saturated rings. The zero-order chi connectivity index (χ0) is 19.9. The Morgan fingerprint density at radius 3 is 2.41 bits per heavy atom. The summed E-state index contributed by atoms with van der Waals surface area (Å²) in [5.41, 5.74) is 0.840. The van der Waals surface area contributed by atoms with E-state index < -0.39 is 24.5 Å². The van der Waals surface area contributed by atoms with Gasteiger partial charge in [0.1, 0.15) is 5.75 Å². The van der Waals surface area contributed by atoms with Gasteiger partial charge in [0, 0.05) is 6.04 Å². The van der Waals surface area contributed by atoms with Crippen LogP contribution in [-0.4, -0.2) is 37.2 Å². The number of hydrogen-bond acceptors (Lipinski definition) is 5. The van der Waals surface area contributed by atoms with Crippen molar-refractivity contribution in [1.29, 1.82) is 0 Å². The number of nitrogens with one attached hydrogen (secondary N) is 2. The van der Waals surface area contributed by atoms with Gasteiger partial charge in [-0.05, 0) is 29.9 Å². The van der Waals surface area contributed by atoms with Crippen molar-refractivity contribution >= 4 is 17.9 Å². The Morgan fingerprint density at radius 2 is 1.74 bits per heavy atom. The van der Waals surface area contributed by atoms with E-state index in [0.717, 1.165) is 31.2 Å². The third-order valence-corrected chi connectivity index (χ3v) is 4.35. The first kappa shape index (κ1) is 20.7. The molecule has 7 nitrogen and oxygen atoms in total. The van der Waals surface area contributed by atoms with Gasteiger partial charge in [-0.3, -0.25) is 10.1 Å². The average Bonchev–Trinajstić information content (AvgIpc) is 3.10. The van der Waals surface area contributed by atoms with Gasteiger partial charge < -0.3 is 14.8 Å². The number of hydrogen-bond donors (Lipinski definition) is 2. The summed E-state index contributed by atoms with van der Waals surface area (Å²) in [6.07, 6.45) is 4.00. The molecule has 0 spiro atoms. The van der Waals surface area contributed by atoms with Crippen molar-refractivity contribution in [3.05, 3.63) is 29.8 Å². The first-order valence-electron chi connectivity index (χ1n) is 9.24. The molecule has 0 unspecified atom stereocenters. The first-order chi connectivity index (χ1) is 12.8. The maximum Gasteiger partial charge on any atom is 0.344 e. The van der Waals surface area contributed by atoms with Gasteiger partial charge in [-0.25, -0.2) is 9.59 Å². The summed E-state index contributed by atoms with van der Waals surface area (Å²) in [4.78, 5) is 35.2. The second-order valence-corrected chi connectivity index (χ2v) is 7.70. The molecule has 1 aromatic carbocycles. The number of carbonyl (C=O) groups is 3. The van der Waals surface area contributed by atoms with Gasteiger partial charge in [-0.1, -0.05) is 51.8 Å². The van der Waals surface area contributed by atoms with Crippen LogP contribution in [0.3, 0.4) is 0 Å². The molecule has 2 N–H and O–H groups in total. The zero-order valence-corrected chi connectivity index (χ0v) is 16.2. The molecule has 0 saturated heterocycles. The fraction of sp³-hybridized carbons (Fsp3) is 0.550. The van der Waals surface area contributed by atoms with Crippen LogP contribution in [0.15, 0.2) is 24.3 Å². The Morgan fingerprint density at radius 1 is 1.07 bits per heavy atom. The van der Waals surface area contributed by atoms with Crippen molar-refractivity contribution in [3.63, 3.8) is 0 Å². The predicted octanol–water partition coefficient (Wildman–Crippen LogP) is 2.67. The fourth-order valence-electron chi connectivity index (χ4n) is 2.99. The minimum atomic E-state index is -0.676. The quantitative estimate of drug-likeness (QED) is 0.745. The number of urea groups is 1. The van der Waals surface area contributed by atoms with E-state index in [1.54, 1.807) is 6.07 Å². The minimum absolute atomic E-state index is 0.108. The molecular weight excluding hydrogens is 348 g/mol. The number of imide groups is 1. The zero-order valence-electron chi connectivity index (χ0n) is 16.2. The van der Waals surface area contributed by atoms with E-state index in [1.165, 1.54) is 0 Å². The maximum absolute atomic E-state index is 11.8. The van der Waals surface area contributed by atoms with Crippen LogP contribution >= 0.6 is 0 Å². The molecule has 1 aliphatic carbocycles. The summed E-state index contributed by atoms with van der Waals surface area (Å²) >= 11 is 0. The smallest absolute Gasteiger partial charge is 0.344 e. The fourth-order valence-corrected chi connectivity index (χ4v) is 2.99. The maximum atomic E-state index is 11.8. The Hall–Kier alpha value is -2.57. The van der Waals surface area contributed by atoms with Crippen molar-refractivity contribution in [2.24, 2.45) is 0 Å². The number of para-hydroxylation sites is 1. The Balaban J connectivity index is 1.71. The largest absolute Gasteiger partial charge is 0.482 e. The average molecular weight is 376 g/mol. The number of carbonyl (C=O) groups excluding carboxylic acids is 3. The molecule has 148 valence electrons. The summed E-state index contributed by atoms with van der Waals surface area (Å²) in [5, 5.41) is 4.89. The molecule has 3 amide bonds. The van der Waals surface area contributed by atoms with E-state index >= 15 is 0 Å². The first-order valence-corrected chi connectivity index (χ1v) is 9.24. The SMILES string of the molecule is CC(C)(C)c1ccccc1OCC(=O)OCC(=O)NC(=O)NC1CCCC1. The molecule has 0 heterocycles. The summed E-state index contributed by atoms with van der Waals surface area (Å²) in [6.45, 7) is 5.31. The van der Waals surface area contributed by atoms with Crippen molar-refractivity contribution in [1.82, 2.24) is 10.6 Å². The van der Waals surface area contributed by atoms with E-state index in [9.17, 15) is 14.4 Å². The second kappa shape index (κ2) is 9.39. The Kier molecular flexibility index (Phi) is 7.21. The van der Waals surface area contributed by atoms with Gasteiger partial charge >= 0.3 is 12.0 Å². The molecule has 0 atom stereocenters. The van der Waals surface area contributed by atoms with Crippen molar-refractivity contribution in [2.75, 3.05) is 13.2 Å². The van der Waals surface area contributed by atoms with E-state index in [4.69, 9.17) is 9.47 Å². The number of rotatable bonds is 6. The molecule has 0 radical (unpaired) electrons. The van der Waals surface area contributed by atoms with Crippen LogP contribution in [-0.2, 0) is 19.7 Å². The third-order valence-electron chi connectivity index (χ3n) is 4.35. The van der Waals surface area contributed by atoms with Gasteiger partial charge in [0.2, 0.25) is 0 Å². The summed E-state index contributed by atoms with van der Waals surface area (Å²) in [7, 11) is 0. The molecule has 27 heavy (non-hydrogen) atoms. The molecule has 1 aromatic rings. The van der Waals surface area contributed by atoms with E-state index in [2.05, 4.69) is 31.4 Å². The molecule has 0 aromatic heterocycles. The van der Waals surface area contributed by atoms with Crippen molar-refractivity contribution in [2.45, 2.75) is 57.9 Å². The number of esters is 1. The molecule has 1 aliphatic rings. The minimum Gasteiger partial charge on any atom is -0.482 e. The van der Waals surface area contributed by atoms with Gasteiger partial charge in [0.15, 0.2) is 13.2 Å². The van der Waals surface area contributed by atoms with Gasteiger partial charge in [-0.15, -0.1) is 0 Å². The van der Waals surface area contributed by atoms with Gasteiger partial charge in [0.05, 0.1) is 0 Å². The van der Waals surface area contributed by atoms with Crippen LogP contribution in [0.4, 0.5) is 4.79 Å². The van der Waals surface area contributed by atoms with Crippen LogP contribution in [0.1, 0.15) is 52.0 Å². The highest BCUT2D eigenvalue weighted by Gasteiger charge is 2.20. The van der Waals surface area contributed by atoms with Gasteiger partial charge in [0.25, 0.3) is 5.91 Å². The lowest BCUT2D eigenvalue weighted by molar-refractivity contribution is -0.150. The molecule has 7 heteroatoms. The highest BCUT2D eigenvalue weighted by molar-refractivity contribution is 5.95. The number of benzene rings is 1. The molecule has 2 rings (SSSR count). The van der Waals surface area contributed by atoms with Crippen molar-refractivity contribution in [3.8, 4) is 5.75 Å². The highest BCUT2D eigenvalue weighted by Crippen LogP contribution is 2.30. The van der Waals surface area contributed by atoms with E-state index in [-0.39, 0.29) is 18.1 Å². The van der Waals surface area contributed by atoms with Crippen LogP contribution < -0.4 is 15.4 Å². The van der Waals surface area contributed by atoms with Crippen LogP contribution in [0.5, 0.6) is 5.75 Å². The monoisotopic (exact) mass is 376 g/mol. The van der Waals surface area contributed by atoms with Crippen molar-refractivity contribution < 1.29 is 23.9 Å². The van der Waals surface area contributed by atoms with Crippen LogP contribution in [0.2, 0.25) is 0 Å². The standard InChI is InChI=1S/C20H28N2O5/c1-20(2,3)15-10-6-7-11-16(15)26-13-18(24)27-12-17(23)22-19(25)21-14-8-4-5-9-14/h6-7,10-11,14H,4-5,8-9,12-13H2,1-3H3,(H2,21,22,23,25). The Bertz CT molecular complexity index is 675. The Labute approximate surface area is 159 Å². The number of ether oxygens (including phenoxy) is 2. The molecule has 1 saturated carbocycles. The van der Waals surface area contributed by atoms with Crippen LogP contribution in [0, 0.1) is 0 Å². The topological polar surface area (TPSA) is 93.7 Å². The molecule has 0 bridgehead atoms. The van der Waals surface area contributed by atoms with E-state index in [1.807, 2.05) is 18.2 Å². The highest BCUT2D eigenvalue weighted by atomic mass is 16.6. The summed E-state index contributed by atoms with van der Waals surface area (Å²) < 4.78 is 10.4. The number of amides is 3. The lowest BCUT2D eigenvalue weighted by Crippen LogP contribution is -2.45. The molecular formula is C20H28N2O5. The lowest BCUT2D eigenvalue weighted by atomic mass is 9.86. The summed E-state index contributed by atoms with van der Waals surface area (Å²) in [6, 6.07) is 7.01. The van der Waals surface area contributed by atoms with Gasteiger partial charge in [-0.2, -0.15) is 0 Å². The van der Waals surface area contributed by atoms with E-state index in [0.29, 0.717) is 5.75 Å². The normalized spacial score (nSPS) is 14.5. The third kappa shape index (κ3) is 6.92. The predicted molar refractivity (Wildman–Crippen MR) is 101 cm³/mol. The molecule has 0 aliphatic heterocycles. The lowest BCUT2D eigenvalue weighted by Gasteiger charge is -2.22. The summed E-state index contributed by atoms with van der Waals surface area (Å²) in [5.74, 6) is -0.749. The van der Waals surface area contributed by atoms with Crippen LogP contribution in [0.25, 0.3) is 0 Å². The second-order valence-electron chi connectivity index (χ2n) is 7.70.